The number of amides is 1. The number of hydrogen-bond acceptors (Lipinski definition) is 8. The van der Waals surface area contributed by atoms with Gasteiger partial charge in [-0.05, 0) is 37.3 Å². The molecule has 11 heteroatoms. The Labute approximate surface area is 179 Å². The van der Waals surface area contributed by atoms with E-state index in [9.17, 15) is 19.7 Å². The second kappa shape index (κ2) is 8.44. The summed E-state index contributed by atoms with van der Waals surface area (Å²) in [6, 6.07) is 3.95. The first-order valence-electron chi connectivity index (χ1n) is 9.26. The molecule has 4 rings (SSSR count). The number of nitro groups is 1. The summed E-state index contributed by atoms with van der Waals surface area (Å²) in [5.41, 5.74) is 1.15. The van der Waals surface area contributed by atoms with Crippen molar-refractivity contribution in [3.63, 3.8) is 0 Å². The molecule has 2 N–H and O–H groups in total. The zero-order valence-corrected chi connectivity index (χ0v) is 17.7. The van der Waals surface area contributed by atoms with Crippen LogP contribution in [-0.4, -0.2) is 33.7 Å². The maximum Gasteiger partial charge on any atom is 0.273 e. The molecular formula is C19H18N4O5S2. The highest BCUT2D eigenvalue weighted by molar-refractivity contribution is 7.99. The van der Waals surface area contributed by atoms with Crippen LogP contribution in [0.3, 0.4) is 0 Å². The van der Waals surface area contributed by atoms with E-state index in [1.807, 2.05) is 0 Å². The van der Waals surface area contributed by atoms with E-state index in [4.69, 9.17) is 4.74 Å². The summed E-state index contributed by atoms with van der Waals surface area (Å²) in [5.74, 6) is -0.139. The Kier molecular flexibility index (Phi) is 5.73. The van der Waals surface area contributed by atoms with Gasteiger partial charge in [0, 0.05) is 10.9 Å². The number of thioether (sulfide) groups is 1. The quantitative estimate of drug-likeness (QED) is 0.257. The third kappa shape index (κ3) is 4.03. The number of benzene rings is 1. The number of nitrogens with zero attached hydrogens (tertiary/aromatic N) is 2. The number of non-ortho nitro benzene ring substituents is 1. The van der Waals surface area contributed by atoms with Crippen molar-refractivity contribution in [2.24, 2.45) is 0 Å². The number of hydrogen-bond donors (Lipinski definition) is 2. The van der Waals surface area contributed by atoms with E-state index in [1.54, 1.807) is 11.3 Å². The number of thiophene rings is 1. The van der Waals surface area contributed by atoms with Gasteiger partial charge in [0.15, 0.2) is 5.16 Å². The minimum Gasteiger partial charge on any atom is -0.494 e. The molecule has 9 nitrogen and oxygen atoms in total. The van der Waals surface area contributed by atoms with Crippen LogP contribution >= 0.6 is 23.1 Å². The number of nitrogens with one attached hydrogen (secondary N) is 2. The fourth-order valence-electron chi connectivity index (χ4n) is 3.43. The van der Waals surface area contributed by atoms with E-state index in [0.717, 1.165) is 43.0 Å². The molecular weight excluding hydrogens is 428 g/mol. The van der Waals surface area contributed by atoms with Crippen molar-refractivity contribution in [3.05, 3.63) is 49.1 Å². The number of H-pyrrole nitrogens is 1. The van der Waals surface area contributed by atoms with Crippen molar-refractivity contribution >= 4 is 50.6 Å². The molecule has 2 aromatic heterocycles. The first kappa shape index (κ1) is 20.4. The molecule has 0 fully saturated rings. The molecule has 156 valence electrons. The third-order valence-corrected chi connectivity index (χ3v) is 6.87. The van der Waals surface area contributed by atoms with Crippen molar-refractivity contribution < 1.29 is 14.5 Å². The lowest BCUT2D eigenvalue weighted by Crippen LogP contribution is -2.16. The topological polar surface area (TPSA) is 127 Å². The minimum atomic E-state index is -0.537. The van der Waals surface area contributed by atoms with Gasteiger partial charge in [0.2, 0.25) is 5.91 Å². The summed E-state index contributed by atoms with van der Waals surface area (Å²) in [5, 5.41) is 14.6. The molecule has 30 heavy (non-hydrogen) atoms. The van der Waals surface area contributed by atoms with Gasteiger partial charge in [-0.2, -0.15) is 0 Å². The van der Waals surface area contributed by atoms with Gasteiger partial charge < -0.3 is 15.0 Å². The lowest BCUT2D eigenvalue weighted by molar-refractivity contribution is -0.384. The van der Waals surface area contributed by atoms with E-state index in [0.29, 0.717) is 21.1 Å². The molecule has 0 saturated carbocycles. The molecule has 0 spiro atoms. The number of ether oxygens (including phenoxy) is 1. The Morgan fingerprint density at radius 3 is 2.97 bits per heavy atom. The summed E-state index contributed by atoms with van der Waals surface area (Å²) in [6.07, 6.45) is 4.11. The van der Waals surface area contributed by atoms with Crippen LogP contribution in [0.15, 0.2) is 28.2 Å². The normalized spacial score (nSPS) is 13.1. The van der Waals surface area contributed by atoms with E-state index in [1.165, 1.54) is 30.2 Å². The number of anilines is 1. The molecule has 1 aromatic carbocycles. The van der Waals surface area contributed by atoms with Crippen LogP contribution in [-0.2, 0) is 17.6 Å². The maximum absolute atomic E-state index is 12.6. The number of aryl methyl sites for hydroxylation is 2. The molecule has 2 heterocycles. The van der Waals surface area contributed by atoms with Gasteiger partial charge in [-0.3, -0.25) is 19.7 Å². The largest absolute Gasteiger partial charge is 0.494 e. The molecule has 1 aliphatic carbocycles. The van der Waals surface area contributed by atoms with Gasteiger partial charge in [-0.15, -0.1) is 11.3 Å². The van der Waals surface area contributed by atoms with Crippen molar-refractivity contribution in [1.82, 2.24) is 9.97 Å². The number of rotatable bonds is 6. The second-order valence-electron chi connectivity index (χ2n) is 6.74. The SMILES string of the molecule is COc1cc([N+](=O)[O-])ccc1NC(=O)CSc1nc2sc3c(c2c(=O)[nH]1)CCCC3. The monoisotopic (exact) mass is 446 g/mol. The van der Waals surface area contributed by atoms with Crippen molar-refractivity contribution in [1.29, 1.82) is 0 Å². The number of methoxy groups -OCH3 is 1. The lowest BCUT2D eigenvalue weighted by atomic mass is 9.97. The average Bonchev–Trinajstić information content (AvgIpc) is 3.11. The van der Waals surface area contributed by atoms with Crippen LogP contribution in [0.1, 0.15) is 23.3 Å². The van der Waals surface area contributed by atoms with E-state index >= 15 is 0 Å². The number of fused-ring (bicyclic) bond motifs is 3. The zero-order valence-electron chi connectivity index (χ0n) is 16.0. The second-order valence-corrected chi connectivity index (χ2v) is 8.79. The molecule has 1 aliphatic rings. The summed E-state index contributed by atoms with van der Waals surface area (Å²) in [4.78, 5) is 44.5. The van der Waals surface area contributed by atoms with Crippen LogP contribution < -0.4 is 15.6 Å². The highest BCUT2D eigenvalue weighted by Gasteiger charge is 2.20. The van der Waals surface area contributed by atoms with Crippen molar-refractivity contribution in [2.75, 3.05) is 18.2 Å². The van der Waals surface area contributed by atoms with Gasteiger partial charge in [0.1, 0.15) is 10.6 Å². The Morgan fingerprint density at radius 2 is 2.20 bits per heavy atom. The predicted molar refractivity (Wildman–Crippen MR) is 116 cm³/mol. The molecule has 1 amide bonds. The minimum absolute atomic E-state index is 0.0136. The number of carbonyl (C=O) groups excluding carboxylic acids is 1. The Bertz CT molecular complexity index is 1200. The van der Waals surface area contributed by atoms with E-state index in [-0.39, 0.29) is 28.7 Å². The molecule has 3 aromatic rings. The maximum atomic E-state index is 12.6. The smallest absolute Gasteiger partial charge is 0.273 e. The van der Waals surface area contributed by atoms with Gasteiger partial charge in [-0.25, -0.2) is 4.98 Å². The highest BCUT2D eigenvalue weighted by Crippen LogP contribution is 2.34. The van der Waals surface area contributed by atoms with Crippen molar-refractivity contribution in [2.45, 2.75) is 30.8 Å². The summed E-state index contributed by atoms with van der Waals surface area (Å²) in [7, 11) is 1.37. The summed E-state index contributed by atoms with van der Waals surface area (Å²) < 4.78 is 5.12. The van der Waals surface area contributed by atoms with Gasteiger partial charge >= 0.3 is 0 Å². The van der Waals surface area contributed by atoms with Crippen LogP contribution in [0.2, 0.25) is 0 Å². The standard InChI is InChI=1S/C19H18N4O5S2/c1-28-13-8-10(23(26)27)6-7-12(13)20-15(24)9-29-19-21-17(25)16-11-4-2-3-5-14(11)30-18(16)22-19/h6-8H,2-5,9H2,1H3,(H,20,24)(H,21,22,25). The summed E-state index contributed by atoms with van der Waals surface area (Å²) >= 11 is 2.68. The Morgan fingerprint density at radius 1 is 1.40 bits per heavy atom. The Hall–Kier alpha value is -2.92. The first-order valence-corrected chi connectivity index (χ1v) is 11.1. The van der Waals surface area contributed by atoms with Crippen LogP contribution in [0.5, 0.6) is 5.75 Å². The summed E-state index contributed by atoms with van der Waals surface area (Å²) in [6.45, 7) is 0. The number of carbonyl (C=O) groups is 1. The van der Waals surface area contributed by atoms with E-state index < -0.39 is 4.92 Å². The molecule has 0 bridgehead atoms. The van der Waals surface area contributed by atoms with Crippen molar-refractivity contribution in [3.8, 4) is 5.75 Å². The third-order valence-electron chi connectivity index (χ3n) is 4.81. The fourth-order valence-corrected chi connectivity index (χ4v) is 5.41. The van der Waals surface area contributed by atoms with Gasteiger partial charge in [-0.1, -0.05) is 11.8 Å². The van der Waals surface area contributed by atoms with Crippen LogP contribution in [0.4, 0.5) is 11.4 Å². The number of aromatic amines is 1. The van der Waals surface area contributed by atoms with Crippen LogP contribution in [0.25, 0.3) is 10.2 Å². The number of nitro benzene ring substituents is 1. The molecule has 0 aliphatic heterocycles. The number of aromatic nitrogens is 2. The first-order chi connectivity index (χ1) is 14.5. The fraction of sp³-hybridized carbons (Fsp3) is 0.316. The average molecular weight is 447 g/mol. The molecule has 0 saturated heterocycles. The lowest BCUT2D eigenvalue weighted by Gasteiger charge is -2.10. The van der Waals surface area contributed by atoms with Gasteiger partial charge in [0.25, 0.3) is 11.2 Å². The predicted octanol–water partition coefficient (Wildman–Crippen LogP) is 3.51. The van der Waals surface area contributed by atoms with Gasteiger partial charge in [0.05, 0.1) is 34.9 Å². The molecule has 0 atom stereocenters. The molecule has 0 unspecified atom stereocenters. The molecule has 0 radical (unpaired) electrons. The highest BCUT2D eigenvalue weighted by atomic mass is 32.2. The zero-order chi connectivity index (χ0) is 21.3. The Balaban J connectivity index is 1.47. The van der Waals surface area contributed by atoms with Crippen LogP contribution in [0, 0.1) is 10.1 Å². The van der Waals surface area contributed by atoms with E-state index in [2.05, 4.69) is 15.3 Å².